The molecule has 0 saturated carbocycles. The van der Waals surface area contributed by atoms with Crippen LogP contribution in [0.3, 0.4) is 0 Å². The molecule has 0 bridgehead atoms. The Morgan fingerprint density at radius 1 is 0.786 bits per heavy atom. The number of hydrogen-bond donors (Lipinski definition) is 1. The van der Waals surface area contributed by atoms with Gasteiger partial charge >= 0.3 is 17.9 Å². The van der Waals surface area contributed by atoms with E-state index >= 15 is 0 Å². The minimum absolute atomic E-state index is 0.0760. The third-order valence-corrected chi connectivity index (χ3v) is 3.37. The minimum atomic E-state index is -0.750. The molecule has 0 heterocycles. The van der Waals surface area contributed by atoms with Crippen LogP contribution in [0.4, 0.5) is 0 Å². The molecule has 144 valence electrons. The highest BCUT2D eigenvalue weighted by Crippen LogP contribution is 2.20. The molecule has 0 amide bonds. The molecule has 2 rings (SSSR count). The van der Waals surface area contributed by atoms with Crippen molar-refractivity contribution in [1.82, 2.24) is 0 Å². The summed E-state index contributed by atoms with van der Waals surface area (Å²) in [4.78, 5) is 35.2. The van der Waals surface area contributed by atoms with E-state index in [0.717, 1.165) is 0 Å². The molecule has 0 unspecified atom stereocenters. The van der Waals surface area contributed by atoms with Crippen LogP contribution >= 0.6 is 0 Å². The SMILES string of the molecule is C=C(C)C(=O)Oc1ccc(C(=O)Oc2ccc(OC(=O)C(=C)CO)cc2)cc1. The molecule has 1 N–H and O–H groups in total. The third kappa shape index (κ3) is 5.65. The Balaban J connectivity index is 1.97. The second-order valence-electron chi connectivity index (χ2n) is 5.71. The average Bonchev–Trinajstić information content (AvgIpc) is 2.69. The number of carbonyl (C=O) groups is 3. The first-order valence-corrected chi connectivity index (χ1v) is 8.11. The van der Waals surface area contributed by atoms with E-state index in [1.807, 2.05) is 0 Å². The number of aliphatic hydroxyl groups excluding tert-OH is 1. The van der Waals surface area contributed by atoms with Crippen LogP contribution < -0.4 is 14.2 Å². The summed E-state index contributed by atoms with van der Waals surface area (Å²) in [5.74, 6) is -1.19. The van der Waals surface area contributed by atoms with Crippen LogP contribution in [-0.4, -0.2) is 29.6 Å². The first kappa shape index (κ1) is 20.6. The molecule has 0 aliphatic rings. The molecule has 0 aromatic heterocycles. The van der Waals surface area contributed by atoms with E-state index in [0.29, 0.717) is 0 Å². The Morgan fingerprint density at radius 3 is 1.68 bits per heavy atom. The maximum atomic E-state index is 12.2. The van der Waals surface area contributed by atoms with Crippen LogP contribution in [0.15, 0.2) is 72.8 Å². The van der Waals surface area contributed by atoms with Gasteiger partial charge < -0.3 is 19.3 Å². The predicted molar refractivity (Wildman–Crippen MR) is 100 cm³/mol. The lowest BCUT2D eigenvalue weighted by molar-refractivity contribution is -0.131. The summed E-state index contributed by atoms with van der Waals surface area (Å²) in [5, 5.41) is 8.83. The van der Waals surface area contributed by atoms with Crippen LogP contribution in [0, 0.1) is 0 Å². The van der Waals surface area contributed by atoms with Crippen LogP contribution in [-0.2, 0) is 9.59 Å². The van der Waals surface area contributed by atoms with Gasteiger partial charge in [0.25, 0.3) is 0 Å². The van der Waals surface area contributed by atoms with Gasteiger partial charge in [-0.05, 0) is 55.5 Å². The van der Waals surface area contributed by atoms with Crippen molar-refractivity contribution in [3.05, 3.63) is 78.4 Å². The van der Waals surface area contributed by atoms with Gasteiger partial charge in [-0.15, -0.1) is 0 Å². The quantitative estimate of drug-likeness (QED) is 0.446. The molecule has 0 aliphatic carbocycles. The Kier molecular flexibility index (Phi) is 6.84. The Bertz CT molecular complexity index is 909. The Morgan fingerprint density at radius 2 is 1.21 bits per heavy atom. The molecule has 28 heavy (non-hydrogen) atoms. The van der Waals surface area contributed by atoms with Gasteiger partial charge in [0.2, 0.25) is 0 Å². The summed E-state index contributed by atoms with van der Waals surface area (Å²) in [6.07, 6.45) is 0. The second-order valence-corrected chi connectivity index (χ2v) is 5.71. The lowest BCUT2D eigenvalue weighted by Crippen LogP contribution is -2.13. The normalized spacial score (nSPS) is 9.93. The number of ether oxygens (including phenoxy) is 3. The molecule has 7 nitrogen and oxygen atoms in total. The molecule has 0 radical (unpaired) electrons. The summed E-state index contributed by atoms with van der Waals surface area (Å²) < 4.78 is 15.3. The van der Waals surface area contributed by atoms with Gasteiger partial charge in [0, 0.05) is 5.57 Å². The van der Waals surface area contributed by atoms with Crippen molar-refractivity contribution in [2.24, 2.45) is 0 Å². The molecule has 0 saturated heterocycles. The number of esters is 3. The fourth-order valence-corrected chi connectivity index (χ4v) is 1.84. The maximum Gasteiger partial charge on any atom is 0.343 e. The molecule has 2 aromatic rings. The number of benzene rings is 2. The summed E-state index contributed by atoms with van der Waals surface area (Å²) in [6.45, 7) is 7.88. The molecule has 0 fully saturated rings. The van der Waals surface area contributed by atoms with Crippen LogP contribution in [0.25, 0.3) is 0 Å². The van der Waals surface area contributed by atoms with Gasteiger partial charge in [0.1, 0.15) is 17.2 Å². The maximum absolute atomic E-state index is 12.2. The number of hydrogen-bond acceptors (Lipinski definition) is 7. The molecule has 0 atom stereocenters. The monoisotopic (exact) mass is 382 g/mol. The van der Waals surface area contributed by atoms with Crippen LogP contribution in [0.2, 0.25) is 0 Å². The van der Waals surface area contributed by atoms with Crippen molar-refractivity contribution < 1.29 is 33.7 Å². The van der Waals surface area contributed by atoms with E-state index < -0.39 is 24.5 Å². The summed E-state index contributed by atoms with van der Waals surface area (Å²) in [7, 11) is 0. The van der Waals surface area contributed by atoms with Gasteiger partial charge in [-0.2, -0.15) is 0 Å². The van der Waals surface area contributed by atoms with E-state index in [9.17, 15) is 14.4 Å². The van der Waals surface area contributed by atoms with E-state index in [4.69, 9.17) is 19.3 Å². The zero-order chi connectivity index (χ0) is 20.7. The van der Waals surface area contributed by atoms with E-state index in [1.165, 1.54) is 55.5 Å². The van der Waals surface area contributed by atoms with Gasteiger partial charge in [-0.25, -0.2) is 14.4 Å². The Labute approximate surface area is 161 Å². The first-order chi connectivity index (χ1) is 13.3. The lowest BCUT2D eigenvalue weighted by atomic mass is 10.2. The summed E-state index contributed by atoms with van der Waals surface area (Å²) in [5.41, 5.74) is 0.441. The largest absolute Gasteiger partial charge is 0.423 e. The molecular weight excluding hydrogens is 364 g/mol. The third-order valence-electron chi connectivity index (χ3n) is 3.37. The first-order valence-electron chi connectivity index (χ1n) is 8.11. The van der Waals surface area contributed by atoms with Crippen molar-refractivity contribution in [2.75, 3.05) is 6.61 Å². The van der Waals surface area contributed by atoms with Crippen LogP contribution in [0.5, 0.6) is 17.2 Å². The average molecular weight is 382 g/mol. The minimum Gasteiger partial charge on any atom is -0.423 e. The molecule has 0 aliphatic heterocycles. The van der Waals surface area contributed by atoms with Crippen molar-refractivity contribution in [3.63, 3.8) is 0 Å². The predicted octanol–water partition coefficient (Wildman–Crippen LogP) is 2.84. The molecule has 0 spiro atoms. The van der Waals surface area contributed by atoms with Gasteiger partial charge in [0.05, 0.1) is 17.7 Å². The zero-order valence-electron chi connectivity index (χ0n) is 15.1. The highest BCUT2D eigenvalue weighted by molar-refractivity contribution is 5.92. The topological polar surface area (TPSA) is 99.1 Å². The van der Waals surface area contributed by atoms with Crippen molar-refractivity contribution in [3.8, 4) is 17.2 Å². The zero-order valence-corrected chi connectivity index (χ0v) is 15.1. The van der Waals surface area contributed by atoms with Gasteiger partial charge in [-0.1, -0.05) is 13.2 Å². The van der Waals surface area contributed by atoms with Gasteiger partial charge in [-0.3, -0.25) is 0 Å². The fourth-order valence-electron chi connectivity index (χ4n) is 1.84. The van der Waals surface area contributed by atoms with E-state index in [-0.39, 0.29) is 34.0 Å². The standard InChI is InChI=1S/C21H18O7/c1-13(2)19(23)26-16-6-4-15(5-7-16)21(25)28-18-10-8-17(9-11-18)27-20(24)14(3)12-22/h4-11,22H,1,3,12H2,2H3. The second kappa shape index (κ2) is 9.29. The number of carbonyl (C=O) groups excluding carboxylic acids is 3. The highest BCUT2D eigenvalue weighted by atomic mass is 16.5. The lowest BCUT2D eigenvalue weighted by Gasteiger charge is -2.08. The van der Waals surface area contributed by atoms with Crippen molar-refractivity contribution in [1.29, 1.82) is 0 Å². The van der Waals surface area contributed by atoms with Gasteiger partial charge in [0.15, 0.2) is 0 Å². The fraction of sp³-hybridized carbons (Fsp3) is 0.0952. The van der Waals surface area contributed by atoms with E-state index in [2.05, 4.69) is 13.2 Å². The number of aliphatic hydroxyl groups is 1. The number of rotatable bonds is 7. The summed E-state index contributed by atoms with van der Waals surface area (Å²) >= 11 is 0. The smallest absolute Gasteiger partial charge is 0.343 e. The molecule has 7 heteroatoms. The molecular formula is C21H18O7. The Hall–Kier alpha value is -3.71. The van der Waals surface area contributed by atoms with Crippen molar-refractivity contribution >= 4 is 17.9 Å². The van der Waals surface area contributed by atoms with Crippen molar-refractivity contribution in [2.45, 2.75) is 6.92 Å². The summed E-state index contributed by atoms with van der Waals surface area (Å²) in [6, 6.07) is 11.6. The van der Waals surface area contributed by atoms with E-state index in [1.54, 1.807) is 0 Å². The van der Waals surface area contributed by atoms with Crippen LogP contribution in [0.1, 0.15) is 17.3 Å². The highest BCUT2D eigenvalue weighted by Gasteiger charge is 2.12. The molecule has 2 aromatic carbocycles.